The van der Waals surface area contributed by atoms with Gasteiger partial charge in [0, 0.05) is 16.7 Å². The van der Waals surface area contributed by atoms with Gasteiger partial charge in [0.2, 0.25) is 0 Å². The van der Waals surface area contributed by atoms with Gasteiger partial charge < -0.3 is 10.5 Å². The summed E-state index contributed by atoms with van der Waals surface area (Å²) in [6.07, 6.45) is 1.49. The second-order valence-corrected chi connectivity index (χ2v) is 5.50. The summed E-state index contributed by atoms with van der Waals surface area (Å²) >= 11 is 20.1. The summed E-state index contributed by atoms with van der Waals surface area (Å²) in [4.78, 5) is 8.16. The number of rotatable bonds is 3. The number of thiocarbonyl (C=S) groups is 1. The van der Waals surface area contributed by atoms with Crippen molar-refractivity contribution in [2.75, 3.05) is 0 Å². The zero-order valence-corrected chi connectivity index (χ0v) is 13.1. The van der Waals surface area contributed by atoms with Gasteiger partial charge in [0.25, 0.3) is 0 Å². The van der Waals surface area contributed by atoms with E-state index >= 15 is 0 Å². The number of nitrogens with zero attached hydrogens (tertiary/aromatic N) is 2. The minimum Gasteiger partial charge on any atom is -0.423 e. The Balaban J connectivity index is 2.33. The Labute approximate surface area is 133 Å². The normalized spacial score (nSPS) is 10.3. The van der Waals surface area contributed by atoms with Gasteiger partial charge in [-0.15, -0.1) is 0 Å². The molecule has 0 atom stereocenters. The first-order valence-electron chi connectivity index (χ1n) is 4.92. The number of hydrogen-bond donors (Lipinski definition) is 1. The molecule has 4 nitrogen and oxygen atoms in total. The summed E-state index contributed by atoms with van der Waals surface area (Å²) in [6.45, 7) is 0. The van der Waals surface area contributed by atoms with Crippen molar-refractivity contribution in [3.05, 3.63) is 44.6 Å². The molecule has 0 unspecified atom stereocenters. The lowest BCUT2D eigenvalue weighted by molar-refractivity contribution is 0.441. The van der Waals surface area contributed by atoms with E-state index in [1.807, 2.05) is 0 Å². The van der Waals surface area contributed by atoms with Crippen molar-refractivity contribution in [3.63, 3.8) is 0 Å². The molecule has 0 bridgehead atoms. The molecule has 0 amide bonds. The Bertz CT molecular complexity index is 654. The minimum absolute atomic E-state index is 0.0885. The number of hydrogen-bond acceptors (Lipinski definition) is 4. The van der Waals surface area contributed by atoms with Crippen LogP contribution in [0.1, 0.15) is 5.69 Å². The Kier molecular flexibility index (Phi) is 4.57. The average Bonchev–Trinajstić information content (AvgIpc) is 2.36. The largest absolute Gasteiger partial charge is 0.423 e. The predicted octanol–water partition coefficient (Wildman–Crippen LogP) is 3.97. The van der Waals surface area contributed by atoms with E-state index in [9.17, 15) is 0 Å². The summed E-state index contributed by atoms with van der Waals surface area (Å²) in [5.41, 5.74) is 5.90. The highest BCUT2D eigenvalue weighted by atomic mass is 79.9. The molecule has 1 heterocycles. The molecule has 19 heavy (non-hydrogen) atoms. The molecule has 1 aromatic heterocycles. The maximum atomic E-state index is 6.03. The smallest absolute Gasteiger partial charge is 0.322 e. The van der Waals surface area contributed by atoms with Crippen LogP contribution < -0.4 is 10.5 Å². The third-order valence-corrected chi connectivity index (χ3v) is 3.76. The molecule has 2 aromatic rings. The van der Waals surface area contributed by atoms with Crippen molar-refractivity contribution in [3.8, 4) is 11.8 Å². The van der Waals surface area contributed by atoms with Crippen LogP contribution >= 0.6 is 51.3 Å². The highest BCUT2D eigenvalue weighted by Crippen LogP contribution is 2.35. The van der Waals surface area contributed by atoms with Gasteiger partial charge in [0.1, 0.15) is 10.7 Å². The van der Waals surface area contributed by atoms with Crippen molar-refractivity contribution in [1.82, 2.24) is 9.97 Å². The summed E-state index contributed by atoms with van der Waals surface area (Å²) < 4.78 is 6.13. The molecule has 2 N–H and O–H groups in total. The van der Waals surface area contributed by atoms with E-state index in [0.717, 1.165) is 0 Å². The number of ether oxygens (including phenoxy) is 1. The van der Waals surface area contributed by atoms with Crippen molar-refractivity contribution in [2.45, 2.75) is 0 Å². The predicted molar refractivity (Wildman–Crippen MR) is 82.2 cm³/mol. The molecular weight excluding hydrogens is 373 g/mol. The standard InChI is InChI=1S/C11H6BrCl2N3OS/c12-5-3-7(14)9(4-6(5)13)18-11-16-2-1-8(17-11)10(15)19/h1-4H,(H2,15,19). The summed E-state index contributed by atoms with van der Waals surface area (Å²) in [7, 11) is 0. The number of aromatic nitrogens is 2. The van der Waals surface area contributed by atoms with Crippen LogP contribution in [0, 0.1) is 0 Å². The maximum Gasteiger partial charge on any atom is 0.322 e. The fraction of sp³-hybridized carbons (Fsp3) is 0. The van der Waals surface area contributed by atoms with Gasteiger partial charge in [-0.2, -0.15) is 4.98 Å². The van der Waals surface area contributed by atoms with Crippen LogP contribution in [0.4, 0.5) is 0 Å². The van der Waals surface area contributed by atoms with Crippen LogP contribution in [0.25, 0.3) is 0 Å². The van der Waals surface area contributed by atoms with Crippen LogP contribution in [0.2, 0.25) is 10.0 Å². The quantitative estimate of drug-likeness (QED) is 0.646. The molecule has 0 saturated carbocycles. The second-order valence-electron chi connectivity index (χ2n) is 3.39. The van der Waals surface area contributed by atoms with Gasteiger partial charge in [-0.05, 0) is 28.1 Å². The van der Waals surface area contributed by atoms with Crippen LogP contribution in [-0.4, -0.2) is 15.0 Å². The molecule has 8 heteroatoms. The number of halogens is 3. The Morgan fingerprint density at radius 1 is 1.32 bits per heavy atom. The second kappa shape index (κ2) is 6.00. The van der Waals surface area contributed by atoms with Gasteiger partial charge in [0.15, 0.2) is 5.75 Å². The lowest BCUT2D eigenvalue weighted by Gasteiger charge is -2.08. The van der Waals surface area contributed by atoms with Gasteiger partial charge >= 0.3 is 6.01 Å². The monoisotopic (exact) mass is 377 g/mol. The molecule has 0 aliphatic rings. The molecule has 98 valence electrons. The number of benzene rings is 1. The van der Waals surface area contributed by atoms with E-state index in [1.165, 1.54) is 6.20 Å². The van der Waals surface area contributed by atoms with Gasteiger partial charge in [0.05, 0.1) is 10.0 Å². The fourth-order valence-corrected chi connectivity index (χ4v) is 2.15. The summed E-state index contributed by atoms with van der Waals surface area (Å²) in [5.74, 6) is 0.343. The van der Waals surface area contributed by atoms with Crippen molar-refractivity contribution in [2.24, 2.45) is 5.73 Å². The van der Waals surface area contributed by atoms with Gasteiger partial charge in [-0.25, -0.2) is 4.98 Å². The minimum atomic E-state index is 0.0885. The van der Waals surface area contributed by atoms with E-state index < -0.39 is 0 Å². The van der Waals surface area contributed by atoms with Gasteiger partial charge in [-0.3, -0.25) is 0 Å². The van der Waals surface area contributed by atoms with E-state index in [2.05, 4.69) is 25.9 Å². The molecule has 0 aliphatic heterocycles. The third kappa shape index (κ3) is 3.54. The zero-order valence-electron chi connectivity index (χ0n) is 9.23. The van der Waals surface area contributed by atoms with Crippen molar-refractivity contribution >= 4 is 56.3 Å². The van der Waals surface area contributed by atoms with Crippen LogP contribution in [0.15, 0.2) is 28.9 Å². The first-order chi connectivity index (χ1) is 8.97. The zero-order chi connectivity index (χ0) is 14.0. The Hall–Kier alpha value is -0.950. The lowest BCUT2D eigenvalue weighted by atomic mass is 10.3. The first-order valence-corrected chi connectivity index (χ1v) is 6.88. The van der Waals surface area contributed by atoms with Crippen LogP contribution in [-0.2, 0) is 0 Å². The SMILES string of the molecule is NC(=S)c1ccnc(Oc2cc(Cl)c(Br)cc2Cl)n1. The highest BCUT2D eigenvalue weighted by molar-refractivity contribution is 9.10. The Morgan fingerprint density at radius 3 is 2.74 bits per heavy atom. The molecule has 2 rings (SSSR count). The first kappa shape index (κ1) is 14.5. The number of nitrogens with two attached hydrogens (primary N) is 1. The molecule has 0 saturated heterocycles. The maximum absolute atomic E-state index is 6.03. The lowest BCUT2D eigenvalue weighted by Crippen LogP contribution is -2.12. The molecule has 0 fully saturated rings. The van der Waals surface area contributed by atoms with E-state index in [4.69, 9.17) is 45.9 Å². The van der Waals surface area contributed by atoms with Crippen LogP contribution in [0.3, 0.4) is 0 Å². The average molecular weight is 379 g/mol. The van der Waals surface area contributed by atoms with Crippen molar-refractivity contribution < 1.29 is 4.74 Å². The Morgan fingerprint density at radius 2 is 2.05 bits per heavy atom. The molecular formula is C11H6BrCl2N3OS. The molecule has 0 radical (unpaired) electrons. The molecule has 1 aromatic carbocycles. The molecule has 0 spiro atoms. The fourth-order valence-electron chi connectivity index (χ4n) is 1.21. The van der Waals surface area contributed by atoms with E-state index in [1.54, 1.807) is 18.2 Å². The van der Waals surface area contributed by atoms with E-state index in [0.29, 0.717) is 26.0 Å². The topological polar surface area (TPSA) is 61.0 Å². The van der Waals surface area contributed by atoms with E-state index in [-0.39, 0.29) is 11.0 Å². The highest BCUT2D eigenvalue weighted by Gasteiger charge is 2.10. The summed E-state index contributed by atoms with van der Waals surface area (Å²) in [5, 5.41) is 0.838. The molecule has 0 aliphatic carbocycles. The van der Waals surface area contributed by atoms with Crippen LogP contribution in [0.5, 0.6) is 11.8 Å². The third-order valence-electron chi connectivity index (χ3n) is 2.06. The van der Waals surface area contributed by atoms with Gasteiger partial charge in [-0.1, -0.05) is 35.4 Å². The summed E-state index contributed by atoms with van der Waals surface area (Å²) in [6, 6.07) is 4.86. The van der Waals surface area contributed by atoms with Crippen molar-refractivity contribution in [1.29, 1.82) is 0 Å².